The van der Waals surface area contributed by atoms with Crippen LogP contribution in [0.5, 0.6) is 0 Å². The summed E-state index contributed by atoms with van der Waals surface area (Å²) in [6.07, 6.45) is 0. The van der Waals surface area contributed by atoms with Crippen molar-refractivity contribution >= 4 is 25.3 Å². The van der Waals surface area contributed by atoms with Gasteiger partial charge in [0.1, 0.15) is 0 Å². The maximum absolute atomic E-state index is 5.24. The van der Waals surface area contributed by atoms with Gasteiger partial charge >= 0.3 is 19.5 Å². The van der Waals surface area contributed by atoms with Gasteiger partial charge in [-0.1, -0.05) is 97.1 Å². The Morgan fingerprint density at radius 2 is 0.703 bits per heavy atom. The summed E-state index contributed by atoms with van der Waals surface area (Å²) < 4.78 is 3.76. The molecule has 6 nitrogen and oxygen atoms in total. The van der Waals surface area contributed by atoms with Crippen molar-refractivity contribution in [1.29, 1.82) is 0 Å². The molecule has 37 heavy (non-hydrogen) atoms. The molecule has 0 spiro atoms. The van der Waals surface area contributed by atoms with Crippen molar-refractivity contribution in [2.45, 2.75) is 10.3 Å². The van der Waals surface area contributed by atoms with Gasteiger partial charge in [-0.15, -0.1) is 10.2 Å². The van der Waals surface area contributed by atoms with Crippen LogP contribution in [0.1, 0.15) is 0 Å². The maximum atomic E-state index is 5.24. The topological polar surface area (TPSA) is 61.4 Å². The molecule has 0 amide bonds. The van der Waals surface area contributed by atoms with E-state index in [4.69, 9.17) is 25.3 Å². The number of para-hydroxylation sites is 2. The molecule has 6 rings (SSSR count). The summed E-state index contributed by atoms with van der Waals surface area (Å²) in [7, 11) is 0. The van der Waals surface area contributed by atoms with Crippen LogP contribution < -0.4 is 0 Å². The zero-order valence-electron chi connectivity index (χ0n) is 19.8. The van der Waals surface area contributed by atoms with Crippen molar-refractivity contribution in [3.63, 3.8) is 0 Å². The van der Waals surface area contributed by atoms with Crippen LogP contribution in [0.4, 0.5) is 0 Å². The van der Waals surface area contributed by atoms with Crippen molar-refractivity contribution in [2.24, 2.45) is 0 Å². The fourth-order valence-corrected chi connectivity index (χ4v) is 4.17. The third kappa shape index (κ3) is 5.97. The first-order valence-corrected chi connectivity index (χ1v) is 12.0. The fraction of sp³-hybridized carbons (Fsp3) is 0. The van der Waals surface area contributed by atoms with Gasteiger partial charge in [0, 0.05) is 32.8 Å². The average molecular weight is 570 g/mol. The first-order chi connectivity index (χ1) is 17.7. The summed E-state index contributed by atoms with van der Waals surface area (Å²) in [6.45, 7) is 0. The molecule has 0 aliphatic heterocycles. The maximum Gasteiger partial charge on any atom is 2.00 e. The molecule has 0 aliphatic rings. The summed E-state index contributed by atoms with van der Waals surface area (Å²) in [5.41, 5.74) is 3.97. The normalized spacial score (nSPS) is 10.2. The fourth-order valence-electron chi connectivity index (χ4n) is 3.71. The number of rotatable bonds is 4. The van der Waals surface area contributed by atoms with Gasteiger partial charge in [-0.2, -0.15) is 10.2 Å². The molecule has 2 aromatic heterocycles. The Hall–Kier alpha value is -3.78. The standard InChI is InChI=1S/2C14H11N3S.Zn/c2*18-14-16-15-13(11-7-3-1-4-8-11)17(14)12-9-5-2-6-10-12;/h2*1-10H,(H,16,18);/q;;+2/p-2. The van der Waals surface area contributed by atoms with E-state index in [1.807, 2.05) is 130 Å². The van der Waals surface area contributed by atoms with Crippen LogP contribution in [0.2, 0.25) is 0 Å². The number of nitrogens with zero attached hydrogens (tertiary/aromatic N) is 6. The summed E-state index contributed by atoms with van der Waals surface area (Å²) in [5.74, 6) is 1.54. The summed E-state index contributed by atoms with van der Waals surface area (Å²) >= 11 is 10.5. The third-order valence-corrected chi connectivity index (χ3v) is 5.89. The second-order valence-electron chi connectivity index (χ2n) is 7.69. The molecular formula is C28H20N6S2Zn. The molecule has 0 saturated carbocycles. The van der Waals surface area contributed by atoms with Gasteiger partial charge in [-0.3, -0.25) is 9.13 Å². The van der Waals surface area contributed by atoms with Crippen molar-refractivity contribution in [1.82, 2.24) is 29.5 Å². The Balaban J connectivity index is 0.000000168. The van der Waals surface area contributed by atoms with Crippen molar-refractivity contribution < 1.29 is 19.5 Å². The van der Waals surface area contributed by atoms with Crippen molar-refractivity contribution in [3.05, 3.63) is 121 Å². The summed E-state index contributed by atoms with van der Waals surface area (Å²) in [6, 6.07) is 39.6. The van der Waals surface area contributed by atoms with E-state index in [1.54, 1.807) is 0 Å². The van der Waals surface area contributed by atoms with Gasteiger partial charge in [0.15, 0.2) is 11.6 Å². The molecule has 0 bridgehead atoms. The van der Waals surface area contributed by atoms with E-state index < -0.39 is 0 Å². The average Bonchev–Trinajstić information content (AvgIpc) is 3.53. The van der Waals surface area contributed by atoms with Crippen LogP contribution in [0, 0.1) is 0 Å². The molecule has 0 radical (unpaired) electrons. The molecule has 0 aliphatic carbocycles. The van der Waals surface area contributed by atoms with Gasteiger partial charge in [0.25, 0.3) is 0 Å². The molecule has 0 saturated heterocycles. The smallest absolute Gasteiger partial charge is 0.740 e. The van der Waals surface area contributed by atoms with Crippen LogP contribution >= 0.6 is 0 Å². The van der Waals surface area contributed by atoms with Crippen molar-refractivity contribution in [3.8, 4) is 34.2 Å². The Kier molecular flexibility index (Phi) is 8.85. The van der Waals surface area contributed by atoms with E-state index in [2.05, 4.69) is 20.4 Å². The summed E-state index contributed by atoms with van der Waals surface area (Å²) in [5, 5.41) is 17.3. The van der Waals surface area contributed by atoms with E-state index in [-0.39, 0.29) is 19.5 Å². The third-order valence-electron chi connectivity index (χ3n) is 5.36. The summed E-state index contributed by atoms with van der Waals surface area (Å²) in [4.78, 5) is 0. The van der Waals surface area contributed by atoms with Crippen molar-refractivity contribution in [2.75, 3.05) is 0 Å². The van der Waals surface area contributed by atoms with Gasteiger partial charge in [-0.25, -0.2) is 0 Å². The Morgan fingerprint density at radius 3 is 1.03 bits per heavy atom. The van der Waals surface area contributed by atoms with E-state index in [0.29, 0.717) is 10.3 Å². The number of hydrogen-bond acceptors (Lipinski definition) is 6. The first kappa shape index (κ1) is 26.3. The molecule has 0 N–H and O–H groups in total. The largest absolute Gasteiger partial charge is 2.00 e. The quantitative estimate of drug-likeness (QED) is 0.201. The zero-order chi connectivity index (χ0) is 24.7. The molecule has 4 aromatic carbocycles. The SMILES string of the molecule is [S-]c1nnc(-c2ccccc2)n1-c1ccccc1.[S-]c1nnc(-c2ccccc2)n1-c1ccccc1.[Zn+2]. The van der Waals surface area contributed by atoms with Crippen LogP contribution in [-0.4, -0.2) is 29.5 Å². The second kappa shape index (κ2) is 12.5. The molecule has 176 valence electrons. The molecule has 0 unspecified atom stereocenters. The number of hydrogen-bond donors (Lipinski definition) is 0. The predicted molar refractivity (Wildman–Crippen MR) is 145 cm³/mol. The van der Waals surface area contributed by atoms with Crippen LogP contribution in [0.15, 0.2) is 132 Å². The molecule has 0 fully saturated rings. The van der Waals surface area contributed by atoms with E-state index in [1.165, 1.54) is 0 Å². The molecule has 6 aromatic rings. The van der Waals surface area contributed by atoms with Gasteiger partial charge < -0.3 is 25.3 Å². The Labute approximate surface area is 239 Å². The second-order valence-corrected chi connectivity index (χ2v) is 8.42. The van der Waals surface area contributed by atoms with Crippen LogP contribution in [0.25, 0.3) is 34.2 Å². The monoisotopic (exact) mass is 568 g/mol. The minimum Gasteiger partial charge on any atom is -0.740 e. The first-order valence-electron chi connectivity index (χ1n) is 11.2. The molecular weight excluding hydrogens is 550 g/mol. The molecule has 9 heteroatoms. The minimum absolute atomic E-state index is 0. The van der Waals surface area contributed by atoms with E-state index in [9.17, 15) is 0 Å². The van der Waals surface area contributed by atoms with Crippen LogP contribution in [0.3, 0.4) is 0 Å². The van der Waals surface area contributed by atoms with Gasteiger partial charge in [0.05, 0.1) is 0 Å². The predicted octanol–water partition coefficient (Wildman–Crippen LogP) is 5.68. The van der Waals surface area contributed by atoms with Gasteiger partial charge in [0.2, 0.25) is 0 Å². The van der Waals surface area contributed by atoms with Gasteiger partial charge in [-0.05, 0) is 24.3 Å². The zero-order valence-corrected chi connectivity index (χ0v) is 24.4. The molecule has 2 heterocycles. The van der Waals surface area contributed by atoms with E-state index in [0.717, 1.165) is 34.2 Å². The minimum atomic E-state index is 0. The Morgan fingerprint density at radius 1 is 0.405 bits per heavy atom. The number of benzene rings is 4. The molecule has 0 atom stereocenters. The van der Waals surface area contributed by atoms with E-state index >= 15 is 0 Å². The Bertz CT molecular complexity index is 1420. The number of aromatic nitrogens is 6. The van der Waals surface area contributed by atoms with Crippen LogP contribution in [-0.2, 0) is 44.7 Å².